The Hall–Kier alpha value is -1.08. The van der Waals surface area contributed by atoms with Crippen LogP contribution in [0.1, 0.15) is 36.9 Å². The third kappa shape index (κ3) is 2.10. The van der Waals surface area contributed by atoms with E-state index in [0.717, 1.165) is 10.1 Å². The molecule has 1 spiro atoms. The van der Waals surface area contributed by atoms with Crippen molar-refractivity contribution in [2.75, 3.05) is 18.1 Å². The highest BCUT2D eigenvalue weighted by Gasteiger charge is 2.67. The molecule has 1 fully saturated rings. The van der Waals surface area contributed by atoms with E-state index < -0.39 is 0 Å². The Kier molecular flexibility index (Phi) is 3.91. The van der Waals surface area contributed by atoms with Gasteiger partial charge in [0.2, 0.25) is 0 Å². The molecule has 3 nitrogen and oxygen atoms in total. The number of aromatic nitrogens is 2. The Labute approximate surface area is 155 Å². The summed E-state index contributed by atoms with van der Waals surface area (Å²) in [5.41, 5.74) is 3.55. The number of benzene rings is 1. The Balaban J connectivity index is 1.87. The average Bonchev–Trinajstić information content (AvgIpc) is 3.34. The van der Waals surface area contributed by atoms with Crippen LogP contribution in [0.2, 0.25) is 0 Å². The van der Waals surface area contributed by atoms with E-state index in [1.807, 2.05) is 6.07 Å². The fourth-order valence-corrected chi connectivity index (χ4v) is 5.90. The molecule has 0 amide bonds. The first-order valence-corrected chi connectivity index (χ1v) is 9.78. The molecular formula is C19H20FIN2O. The predicted molar refractivity (Wildman–Crippen MR) is 99.9 cm³/mol. The number of nitrogens with zero attached hydrogens (tertiary/aromatic N) is 2. The zero-order valence-corrected chi connectivity index (χ0v) is 16.0. The number of halogens is 2. The lowest BCUT2D eigenvalue weighted by Gasteiger charge is -2.33. The van der Waals surface area contributed by atoms with Gasteiger partial charge in [0.25, 0.3) is 0 Å². The molecule has 1 aromatic carbocycles. The maximum atomic E-state index is 14.2. The second-order valence-corrected chi connectivity index (χ2v) is 8.02. The van der Waals surface area contributed by atoms with Crippen molar-refractivity contribution in [3.8, 4) is 11.3 Å². The van der Waals surface area contributed by atoms with Crippen molar-refractivity contribution in [2.45, 2.75) is 31.1 Å². The molecule has 0 aliphatic heterocycles. The molecule has 2 atom stereocenters. The van der Waals surface area contributed by atoms with Gasteiger partial charge >= 0.3 is 0 Å². The summed E-state index contributed by atoms with van der Waals surface area (Å²) in [4.78, 5) is 0. The van der Waals surface area contributed by atoms with Crippen molar-refractivity contribution in [3.63, 3.8) is 0 Å². The molecule has 126 valence electrons. The fourth-order valence-electron chi connectivity index (χ4n) is 4.59. The number of hydrogen-bond acceptors (Lipinski definition) is 3. The monoisotopic (exact) mass is 438 g/mol. The molecule has 2 unspecified atom stereocenters. The van der Waals surface area contributed by atoms with Gasteiger partial charge in [-0.15, -0.1) is 0 Å². The van der Waals surface area contributed by atoms with Gasteiger partial charge in [0, 0.05) is 28.4 Å². The summed E-state index contributed by atoms with van der Waals surface area (Å²) in [7, 11) is 1.75. The third-order valence-electron chi connectivity index (χ3n) is 6.01. The van der Waals surface area contributed by atoms with E-state index in [9.17, 15) is 4.39 Å². The fraction of sp³-hybridized carbons (Fsp3) is 0.474. The maximum absolute atomic E-state index is 14.2. The average molecular weight is 438 g/mol. The van der Waals surface area contributed by atoms with Gasteiger partial charge in [0.05, 0.1) is 18.0 Å². The van der Waals surface area contributed by atoms with E-state index in [-0.39, 0.29) is 16.6 Å². The minimum atomic E-state index is -0.253. The molecule has 0 radical (unpaired) electrons. The van der Waals surface area contributed by atoms with E-state index >= 15 is 0 Å². The lowest BCUT2D eigenvalue weighted by Crippen LogP contribution is -2.37. The normalized spacial score (nSPS) is 26.6. The Morgan fingerprint density at radius 2 is 2.04 bits per heavy atom. The van der Waals surface area contributed by atoms with Crippen LogP contribution in [0.25, 0.3) is 11.3 Å². The number of ether oxygens (including phenoxy) is 1. The van der Waals surface area contributed by atoms with Crippen LogP contribution >= 0.6 is 22.6 Å². The van der Waals surface area contributed by atoms with Crippen molar-refractivity contribution in [2.24, 2.45) is 5.41 Å². The van der Waals surface area contributed by atoms with Gasteiger partial charge in [0.1, 0.15) is 5.82 Å². The van der Waals surface area contributed by atoms with Crippen molar-refractivity contribution >= 4 is 22.6 Å². The molecule has 24 heavy (non-hydrogen) atoms. The molecule has 5 heteroatoms. The summed E-state index contributed by atoms with van der Waals surface area (Å²) in [5.74, 6) is 0.186. The van der Waals surface area contributed by atoms with Gasteiger partial charge in [-0.2, -0.15) is 10.2 Å². The van der Waals surface area contributed by atoms with Crippen LogP contribution in [-0.4, -0.2) is 28.3 Å². The second kappa shape index (κ2) is 5.73. The second-order valence-electron chi connectivity index (χ2n) is 7.14. The van der Waals surface area contributed by atoms with Crippen molar-refractivity contribution in [1.29, 1.82) is 0 Å². The van der Waals surface area contributed by atoms with Gasteiger partial charge in [-0.1, -0.05) is 41.6 Å². The molecule has 4 rings (SSSR count). The van der Waals surface area contributed by atoms with Crippen LogP contribution in [0.15, 0.2) is 30.3 Å². The van der Waals surface area contributed by atoms with Gasteiger partial charge in [-0.05, 0) is 42.0 Å². The molecule has 2 aliphatic rings. The number of fused-ring (bicyclic) bond motifs is 1. The standard InChI is InChI=1S/C19H20FIN2O/c1-18(11-24-2)17-13(14(10-21)19(18)7-8-19)9-16(22-23-17)12-5-3-4-6-15(12)20/h3-6,9,14H,7-8,10-11H2,1-2H3. The van der Waals surface area contributed by atoms with Gasteiger partial charge in [-0.3, -0.25) is 0 Å². The van der Waals surface area contributed by atoms with Gasteiger partial charge < -0.3 is 4.74 Å². The predicted octanol–water partition coefficient (Wildman–Crippen LogP) is 4.50. The van der Waals surface area contributed by atoms with Gasteiger partial charge in [0.15, 0.2) is 0 Å². The molecule has 1 aromatic heterocycles. The van der Waals surface area contributed by atoms with Crippen LogP contribution in [0, 0.1) is 11.2 Å². The lowest BCUT2D eigenvalue weighted by molar-refractivity contribution is 0.0918. The summed E-state index contributed by atoms with van der Waals surface area (Å²) >= 11 is 2.47. The molecule has 0 saturated heterocycles. The molecule has 1 saturated carbocycles. The minimum Gasteiger partial charge on any atom is -0.384 e. The van der Waals surface area contributed by atoms with Crippen molar-refractivity contribution in [3.05, 3.63) is 47.4 Å². The molecule has 0 bridgehead atoms. The van der Waals surface area contributed by atoms with E-state index in [4.69, 9.17) is 4.74 Å². The van der Waals surface area contributed by atoms with Crippen molar-refractivity contribution < 1.29 is 9.13 Å². The molecule has 1 heterocycles. The highest BCUT2D eigenvalue weighted by atomic mass is 127. The molecule has 2 aliphatic carbocycles. The highest BCUT2D eigenvalue weighted by molar-refractivity contribution is 14.1. The Morgan fingerprint density at radius 3 is 2.67 bits per heavy atom. The number of hydrogen-bond donors (Lipinski definition) is 0. The number of rotatable bonds is 4. The van der Waals surface area contributed by atoms with Gasteiger partial charge in [-0.25, -0.2) is 4.39 Å². The van der Waals surface area contributed by atoms with Crippen LogP contribution in [0.5, 0.6) is 0 Å². The topological polar surface area (TPSA) is 35.0 Å². The smallest absolute Gasteiger partial charge is 0.132 e. The summed E-state index contributed by atoms with van der Waals surface area (Å²) in [6.07, 6.45) is 2.40. The largest absolute Gasteiger partial charge is 0.384 e. The number of methoxy groups -OCH3 is 1. The van der Waals surface area contributed by atoms with E-state index in [0.29, 0.717) is 23.8 Å². The van der Waals surface area contributed by atoms with Crippen LogP contribution < -0.4 is 0 Å². The minimum absolute atomic E-state index is 0.103. The molecule has 0 N–H and O–H groups in total. The van der Waals surface area contributed by atoms with Crippen molar-refractivity contribution in [1.82, 2.24) is 10.2 Å². The lowest BCUT2D eigenvalue weighted by atomic mass is 9.73. The van der Waals surface area contributed by atoms with E-state index in [1.165, 1.54) is 24.5 Å². The zero-order chi connectivity index (χ0) is 16.9. The quantitative estimate of drug-likeness (QED) is 0.521. The molecule has 2 aromatic rings. The Bertz CT molecular complexity index is 793. The SMILES string of the molecule is COCC1(C)c2nnc(-c3ccccc3F)cc2C(CI)C12CC2. The van der Waals surface area contributed by atoms with Crippen LogP contribution in [-0.2, 0) is 10.2 Å². The van der Waals surface area contributed by atoms with E-state index in [1.54, 1.807) is 19.2 Å². The first-order chi connectivity index (χ1) is 11.6. The van der Waals surface area contributed by atoms with Crippen LogP contribution in [0.4, 0.5) is 4.39 Å². The van der Waals surface area contributed by atoms with Crippen LogP contribution in [0.3, 0.4) is 0 Å². The first kappa shape index (κ1) is 16.4. The highest BCUT2D eigenvalue weighted by Crippen LogP contribution is 2.71. The summed E-state index contributed by atoms with van der Waals surface area (Å²) in [6, 6.07) is 8.83. The Morgan fingerprint density at radius 1 is 1.29 bits per heavy atom. The zero-order valence-electron chi connectivity index (χ0n) is 13.9. The summed E-state index contributed by atoms with van der Waals surface area (Å²) < 4.78 is 20.7. The number of alkyl halides is 1. The maximum Gasteiger partial charge on any atom is 0.132 e. The third-order valence-corrected chi connectivity index (χ3v) is 6.89. The van der Waals surface area contributed by atoms with E-state index in [2.05, 4.69) is 45.8 Å². The summed E-state index contributed by atoms with van der Waals surface area (Å²) in [5, 5.41) is 8.96. The summed E-state index contributed by atoms with van der Waals surface area (Å²) in [6.45, 7) is 2.91. The molecular weight excluding hydrogens is 418 g/mol. The first-order valence-electron chi connectivity index (χ1n) is 8.25.